The van der Waals surface area contributed by atoms with Gasteiger partial charge in [-0.15, -0.1) is 0 Å². The zero-order valence-electron chi connectivity index (χ0n) is 13.2. The van der Waals surface area contributed by atoms with Crippen molar-refractivity contribution >= 4 is 22.6 Å². The van der Waals surface area contributed by atoms with E-state index in [-0.39, 0.29) is 12.5 Å². The summed E-state index contributed by atoms with van der Waals surface area (Å²) < 4.78 is 7.10. The third-order valence-electron chi connectivity index (χ3n) is 3.50. The average Bonchev–Trinajstić information content (AvgIpc) is 2.98. The summed E-state index contributed by atoms with van der Waals surface area (Å²) in [6.07, 6.45) is 1.57. The number of carbonyl (C=O) groups is 1. The van der Waals surface area contributed by atoms with Gasteiger partial charge in [-0.3, -0.25) is 4.79 Å². The van der Waals surface area contributed by atoms with Gasteiger partial charge in [0, 0.05) is 11.8 Å². The maximum atomic E-state index is 12.3. The van der Waals surface area contributed by atoms with Crippen LogP contribution < -0.4 is 10.1 Å². The molecule has 120 valence electrons. The first-order valence-electron chi connectivity index (χ1n) is 7.58. The molecular formula is C18H16N4O2. The molecular weight excluding hydrogens is 304 g/mol. The molecule has 6 heteroatoms. The minimum absolute atomic E-state index is 0.0774. The highest BCUT2D eigenvalue weighted by atomic mass is 16.5. The number of para-hydroxylation sites is 1. The maximum absolute atomic E-state index is 12.3. The number of hydrogen-bond donors (Lipinski definition) is 1. The number of aromatic nitrogens is 2. The van der Waals surface area contributed by atoms with E-state index in [0.717, 1.165) is 0 Å². The number of hydrogen-bond acceptors (Lipinski definition) is 4. The number of nitrogens with zero attached hydrogens (tertiary/aromatic N) is 3. The Hall–Kier alpha value is -3.33. The second kappa shape index (κ2) is 6.84. The van der Waals surface area contributed by atoms with Crippen LogP contribution in [0.15, 0.2) is 48.8 Å². The fourth-order valence-electron chi connectivity index (χ4n) is 2.52. The zero-order chi connectivity index (χ0) is 16.9. The first-order valence-corrected chi connectivity index (χ1v) is 7.58. The number of benzene rings is 2. The molecule has 2 aromatic carbocycles. The number of ether oxygens (including phenoxy) is 1. The lowest BCUT2D eigenvalue weighted by Gasteiger charge is -2.09. The van der Waals surface area contributed by atoms with E-state index in [9.17, 15) is 10.1 Å². The van der Waals surface area contributed by atoms with Gasteiger partial charge in [-0.25, -0.2) is 4.98 Å². The lowest BCUT2D eigenvalue weighted by Crippen LogP contribution is -2.18. The standard InChI is InChI=1S/C18H16N4O2/c1-2-24-15-7-4-6-14(9-15)21-17(23)11-22-12-20-16-8-3-5-13(10-19)18(16)22/h3-9,12H,2,11H2,1H3,(H,21,23). The van der Waals surface area contributed by atoms with Crippen molar-refractivity contribution in [3.05, 3.63) is 54.4 Å². The number of anilines is 1. The predicted octanol–water partition coefficient (Wildman–Crippen LogP) is 2.95. The fourth-order valence-corrected chi connectivity index (χ4v) is 2.52. The summed E-state index contributed by atoms with van der Waals surface area (Å²) in [4.78, 5) is 16.5. The van der Waals surface area contributed by atoms with Gasteiger partial charge in [0.2, 0.25) is 5.91 Å². The van der Waals surface area contributed by atoms with Crippen molar-refractivity contribution in [2.75, 3.05) is 11.9 Å². The molecule has 0 radical (unpaired) electrons. The Morgan fingerprint density at radius 1 is 1.33 bits per heavy atom. The Morgan fingerprint density at radius 3 is 2.96 bits per heavy atom. The molecule has 0 fully saturated rings. The Bertz CT molecular complexity index is 924. The summed E-state index contributed by atoms with van der Waals surface area (Å²) in [5.74, 6) is 0.505. The normalized spacial score (nSPS) is 10.3. The Morgan fingerprint density at radius 2 is 2.17 bits per heavy atom. The molecule has 0 aliphatic heterocycles. The van der Waals surface area contributed by atoms with Gasteiger partial charge in [-0.2, -0.15) is 5.26 Å². The molecule has 3 rings (SSSR count). The van der Waals surface area contributed by atoms with Crippen LogP contribution in [0.4, 0.5) is 5.69 Å². The molecule has 0 aliphatic rings. The van der Waals surface area contributed by atoms with Crippen LogP contribution in [0.3, 0.4) is 0 Å². The molecule has 0 unspecified atom stereocenters. The van der Waals surface area contributed by atoms with E-state index in [2.05, 4.69) is 16.4 Å². The average molecular weight is 320 g/mol. The van der Waals surface area contributed by atoms with Crippen LogP contribution >= 0.6 is 0 Å². The van der Waals surface area contributed by atoms with Gasteiger partial charge in [0.25, 0.3) is 0 Å². The minimum atomic E-state index is -0.198. The number of nitriles is 1. The molecule has 0 saturated heterocycles. The molecule has 0 aliphatic carbocycles. The third kappa shape index (κ3) is 3.20. The molecule has 1 aromatic heterocycles. The highest BCUT2D eigenvalue weighted by Gasteiger charge is 2.11. The number of carbonyl (C=O) groups excluding carboxylic acids is 1. The molecule has 0 spiro atoms. The van der Waals surface area contributed by atoms with Crippen molar-refractivity contribution in [2.45, 2.75) is 13.5 Å². The first-order chi connectivity index (χ1) is 11.7. The molecule has 0 bridgehead atoms. The summed E-state index contributed by atoms with van der Waals surface area (Å²) in [5, 5.41) is 12.1. The van der Waals surface area contributed by atoms with Gasteiger partial charge in [-0.1, -0.05) is 12.1 Å². The summed E-state index contributed by atoms with van der Waals surface area (Å²) in [7, 11) is 0. The van der Waals surface area contributed by atoms with E-state index in [1.807, 2.05) is 25.1 Å². The van der Waals surface area contributed by atoms with E-state index < -0.39 is 0 Å². The number of amides is 1. The van der Waals surface area contributed by atoms with E-state index >= 15 is 0 Å². The van der Waals surface area contributed by atoms with Gasteiger partial charge < -0.3 is 14.6 Å². The molecule has 3 aromatic rings. The van der Waals surface area contributed by atoms with Gasteiger partial charge >= 0.3 is 0 Å². The molecule has 1 N–H and O–H groups in total. The molecule has 1 amide bonds. The van der Waals surface area contributed by atoms with E-state index in [4.69, 9.17) is 4.74 Å². The van der Waals surface area contributed by atoms with Crippen LogP contribution in [0.5, 0.6) is 5.75 Å². The van der Waals surface area contributed by atoms with Crippen molar-refractivity contribution in [1.82, 2.24) is 9.55 Å². The molecule has 1 heterocycles. The predicted molar refractivity (Wildman–Crippen MR) is 90.7 cm³/mol. The van der Waals surface area contributed by atoms with Crippen molar-refractivity contribution < 1.29 is 9.53 Å². The zero-order valence-corrected chi connectivity index (χ0v) is 13.2. The van der Waals surface area contributed by atoms with E-state index in [1.54, 1.807) is 35.2 Å². The summed E-state index contributed by atoms with van der Waals surface area (Å²) >= 11 is 0. The second-order valence-corrected chi connectivity index (χ2v) is 5.17. The van der Waals surface area contributed by atoms with E-state index in [0.29, 0.717) is 34.6 Å². The van der Waals surface area contributed by atoms with Gasteiger partial charge in [0.1, 0.15) is 18.4 Å². The van der Waals surface area contributed by atoms with Crippen LogP contribution in [-0.4, -0.2) is 22.1 Å². The van der Waals surface area contributed by atoms with Crippen LogP contribution in [0.1, 0.15) is 12.5 Å². The van der Waals surface area contributed by atoms with Crippen molar-refractivity contribution in [3.63, 3.8) is 0 Å². The third-order valence-corrected chi connectivity index (χ3v) is 3.50. The molecule has 6 nitrogen and oxygen atoms in total. The summed E-state index contributed by atoms with van der Waals surface area (Å²) in [5.41, 5.74) is 2.52. The number of fused-ring (bicyclic) bond motifs is 1. The SMILES string of the molecule is CCOc1cccc(NC(=O)Cn2cnc3cccc(C#N)c32)c1. The minimum Gasteiger partial charge on any atom is -0.494 e. The maximum Gasteiger partial charge on any atom is 0.244 e. The van der Waals surface area contributed by atoms with Crippen LogP contribution in [0.25, 0.3) is 11.0 Å². The molecule has 24 heavy (non-hydrogen) atoms. The van der Waals surface area contributed by atoms with Gasteiger partial charge in [0.15, 0.2) is 0 Å². The number of nitrogens with one attached hydrogen (secondary N) is 1. The number of rotatable bonds is 5. The van der Waals surface area contributed by atoms with Gasteiger partial charge in [-0.05, 0) is 31.2 Å². The smallest absolute Gasteiger partial charge is 0.244 e. The van der Waals surface area contributed by atoms with E-state index in [1.165, 1.54) is 0 Å². The Labute approximate surface area is 139 Å². The van der Waals surface area contributed by atoms with Crippen molar-refractivity contribution in [1.29, 1.82) is 5.26 Å². The monoisotopic (exact) mass is 320 g/mol. The fraction of sp³-hybridized carbons (Fsp3) is 0.167. The second-order valence-electron chi connectivity index (χ2n) is 5.17. The quantitative estimate of drug-likeness (QED) is 0.784. The van der Waals surface area contributed by atoms with Gasteiger partial charge in [0.05, 0.1) is 29.5 Å². The highest BCUT2D eigenvalue weighted by molar-refractivity contribution is 5.92. The lowest BCUT2D eigenvalue weighted by molar-refractivity contribution is -0.116. The van der Waals surface area contributed by atoms with Crippen LogP contribution in [0.2, 0.25) is 0 Å². The summed E-state index contributed by atoms with van der Waals surface area (Å²) in [6, 6.07) is 14.7. The highest BCUT2D eigenvalue weighted by Crippen LogP contribution is 2.19. The summed E-state index contributed by atoms with van der Waals surface area (Å²) in [6.45, 7) is 2.55. The number of imidazole rings is 1. The largest absolute Gasteiger partial charge is 0.494 e. The Kier molecular flexibility index (Phi) is 4.43. The van der Waals surface area contributed by atoms with Crippen LogP contribution in [-0.2, 0) is 11.3 Å². The lowest BCUT2D eigenvalue weighted by atomic mass is 10.2. The van der Waals surface area contributed by atoms with Crippen LogP contribution in [0, 0.1) is 11.3 Å². The van der Waals surface area contributed by atoms with Crippen molar-refractivity contribution in [2.24, 2.45) is 0 Å². The first kappa shape index (κ1) is 15.6. The molecule has 0 atom stereocenters. The molecule has 0 saturated carbocycles. The Balaban J connectivity index is 1.78. The topological polar surface area (TPSA) is 79.9 Å². The van der Waals surface area contributed by atoms with Crippen molar-refractivity contribution in [3.8, 4) is 11.8 Å².